The van der Waals surface area contributed by atoms with Crippen molar-refractivity contribution < 1.29 is 4.79 Å². The quantitative estimate of drug-likeness (QED) is 0.882. The number of rotatable bonds is 4. The van der Waals surface area contributed by atoms with Crippen molar-refractivity contribution >= 4 is 5.91 Å². The summed E-state index contributed by atoms with van der Waals surface area (Å²) in [6, 6.07) is 10.5. The average molecular weight is 272 g/mol. The lowest BCUT2D eigenvalue weighted by Gasteiger charge is -2.30. The highest BCUT2D eigenvalue weighted by atomic mass is 16.2. The number of benzene rings is 1. The van der Waals surface area contributed by atoms with E-state index in [0.29, 0.717) is 5.92 Å². The normalized spacial score (nSPS) is 25.8. The fourth-order valence-electron chi connectivity index (χ4n) is 3.30. The van der Waals surface area contributed by atoms with Gasteiger partial charge in [-0.3, -0.25) is 4.79 Å². The Bertz CT molecular complexity index is 461. The molecular weight excluding hydrogens is 248 g/mol. The smallest absolute Gasteiger partial charge is 0.230 e. The zero-order chi connectivity index (χ0) is 14.0. The highest BCUT2D eigenvalue weighted by molar-refractivity contribution is 5.91. The van der Waals surface area contributed by atoms with Gasteiger partial charge in [0.05, 0.1) is 5.41 Å². The molecule has 20 heavy (non-hydrogen) atoms. The number of carbonyl (C=O) groups excluding carboxylic acids is 1. The molecule has 1 saturated heterocycles. The van der Waals surface area contributed by atoms with Crippen LogP contribution in [-0.2, 0) is 10.2 Å². The maximum atomic E-state index is 12.6. The molecule has 1 heterocycles. The number of nitrogens with one attached hydrogen (secondary N) is 2. The SMILES string of the molecule is CC(NC(=O)C1(c2ccccc2)CC1)C1CCCNC1. The highest BCUT2D eigenvalue weighted by Crippen LogP contribution is 2.48. The van der Waals surface area contributed by atoms with Gasteiger partial charge >= 0.3 is 0 Å². The van der Waals surface area contributed by atoms with E-state index in [0.717, 1.165) is 25.9 Å². The summed E-state index contributed by atoms with van der Waals surface area (Å²) in [6.07, 6.45) is 4.40. The number of piperidine rings is 1. The van der Waals surface area contributed by atoms with Gasteiger partial charge in [-0.05, 0) is 57.2 Å². The lowest BCUT2D eigenvalue weighted by atomic mass is 9.90. The fourth-order valence-corrected chi connectivity index (χ4v) is 3.30. The van der Waals surface area contributed by atoms with E-state index in [2.05, 4.69) is 29.7 Å². The Morgan fingerprint density at radius 2 is 2.10 bits per heavy atom. The second kappa shape index (κ2) is 5.57. The number of carbonyl (C=O) groups is 1. The van der Waals surface area contributed by atoms with Gasteiger partial charge in [0.15, 0.2) is 0 Å². The third kappa shape index (κ3) is 2.59. The molecule has 1 aliphatic heterocycles. The lowest BCUT2D eigenvalue weighted by molar-refractivity contribution is -0.124. The first-order valence-corrected chi connectivity index (χ1v) is 7.79. The summed E-state index contributed by atoms with van der Waals surface area (Å²) in [6.45, 7) is 4.29. The molecule has 108 valence electrons. The molecule has 3 rings (SSSR count). The predicted octanol–water partition coefficient (Wildman–Crippen LogP) is 2.22. The molecule has 0 aromatic heterocycles. The van der Waals surface area contributed by atoms with Crippen molar-refractivity contribution in [1.29, 1.82) is 0 Å². The predicted molar refractivity (Wildman–Crippen MR) is 80.6 cm³/mol. The van der Waals surface area contributed by atoms with E-state index >= 15 is 0 Å². The Balaban J connectivity index is 1.64. The van der Waals surface area contributed by atoms with Gasteiger partial charge in [0.25, 0.3) is 0 Å². The molecule has 2 unspecified atom stereocenters. The number of amides is 1. The molecule has 2 atom stereocenters. The van der Waals surface area contributed by atoms with Crippen LogP contribution >= 0.6 is 0 Å². The van der Waals surface area contributed by atoms with Crippen LogP contribution in [0.1, 0.15) is 38.2 Å². The maximum absolute atomic E-state index is 12.6. The highest BCUT2D eigenvalue weighted by Gasteiger charge is 2.51. The van der Waals surface area contributed by atoms with Gasteiger partial charge in [-0.25, -0.2) is 0 Å². The zero-order valence-corrected chi connectivity index (χ0v) is 12.2. The van der Waals surface area contributed by atoms with Crippen molar-refractivity contribution in [3.05, 3.63) is 35.9 Å². The Hall–Kier alpha value is -1.35. The molecular formula is C17H24N2O. The van der Waals surface area contributed by atoms with Crippen LogP contribution in [0.2, 0.25) is 0 Å². The number of hydrogen-bond donors (Lipinski definition) is 2. The van der Waals surface area contributed by atoms with Crippen LogP contribution in [0.25, 0.3) is 0 Å². The maximum Gasteiger partial charge on any atom is 0.230 e. The molecule has 1 amide bonds. The Kier molecular flexibility index (Phi) is 3.79. The van der Waals surface area contributed by atoms with Gasteiger partial charge in [-0.15, -0.1) is 0 Å². The lowest BCUT2D eigenvalue weighted by Crippen LogP contribution is -2.47. The molecule has 0 bridgehead atoms. The summed E-state index contributed by atoms with van der Waals surface area (Å²) in [7, 11) is 0. The van der Waals surface area contributed by atoms with Crippen LogP contribution in [0.15, 0.2) is 30.3 Å². The van der Waals surface area contributed by atoms with E-state index in [1.165, 1.54) is 18.4 Å². The minimum Gasteiger partial charge on any atom is -0.353 e. The Labute approximate surface area is 121 Å². The molecule has 3 heteroatoms. The third-order valence-electron chi connectivity index (χ3n) is 4.91. The number of hydrogen-bond acceptors (Lipinski definition) is 2. The summed E-state index contributed by atoms with van der Waals surface area (Å²) in [5.74, 6) is 0.793. The molecule has 1 aliphatic carbocycles. The second-order valence-electron chi connectivity index (χ2n) is 6.32. The van der Waals surface area contributed by atoms with E-state index in [1.54, 1.807) is 0 Å². The van der Waals surface area contributed by atoms with Gasteiger partial charge in [-0.1, -0.05) is 30.3 Å². The Morgan fingerprint density at radius 3 is 2.70 bits per heavy atom. The van der Waals surface area contributed by atoms with Gasteiger partial charge in [0.2, 0.25) is 5.91 Å². The van der Waals surface area contributed by atoms with Gasteiger partial charge < -0.3 is 10.6 Å². The first-order valence-electron chi connectivity index (χ1n) is 7.79. The monoisotopic (exact) mass is 272 g/mol. The van der Waals surface area contributed by atoms with Crippen LogP contribution in [0, 0.1) is 5.92 Å². The van der Waals surface area contributed by atoms with Crippen molar-refractivity contribution in [2.75, 3.05) is 13.1 Å². The van der Waals surface area contributed by atoms with E-state index in [-0.39, 0.29) is 17.4 Å². The van der Waals surface area contributed by atoms with E-state index in [9.17, 15) is 4.79 Å². The molecule has 1 saturated carbocycles. The van der Waals surface area contributed by atoms with Crippen LogP contribution in [0.3, 0.4) is 0 Å². The van der Waals surface area contributed by atoms with Crippen molar-refractivity contribution in [1.82, 2.24) is 10.6 Å². The summed E-state index contributed by atoms with van der Waals surface area (Å²) in [5.41, 5.74) is 0.934. The van der Waals surface area contributed by atoms with Gasteiger partial charge in [-0.2, -0.15) is 0 Å². The molecule has 2 N–H and O–H groups in total. The first-order chi connectivity index (χ1) is 9.72. The third-order valence-corrected chi connectivity index (χ3v) is 4.91. The zero-order valence-electron chi connectivity index (χ0n) is 12.2. The van der Waals surface area contributed by atoms with Gasteiger partial charge in [0.1, 0.15) is 0 Å². The average Bonchev–Trinajstić information content (AvgIpc) is 3.31. The molecule has 0 spiro atoms. The van der Waals surface area contributed by atoms with Crippen molar-refractivity contribution in [2.24, 2.45) is 5.92 Å². The molecule has 0 radical (unpaired) electrons. The fraction of sp³-hybridized carbons (Fsp3) is 0.588. The molecule has 2 fully saturated rings. The minimum absolute atomic E-state index is 0.224. The van der Waals surface area contributed by atoms with E-state index in [1.807, 2.05) is 18.2 Å². The topological polar surface area (TPSA) is 41.1 Å². The molecule has 2 aliphatic rings. The molecule has 1 aromatic carbocycles. The van der Waals surface area contributed by atoms with Crippen LogP contribution < -0.4 is 10.6 Å². The van der Waals surface area contributed by atoms with Crippen LogP contribution in [-0.4, -0.2) is 25.0 Å². The molecule has 3 nitrogen and oxygen atoms in total. The van der Waals surface area contributed by atoms with E-state index < -0.39 is 0 Å². The van der Waals surface area contributed by atoms with Gasteiger partial charge in [0, 0.05) is 6.04 Å². The molecule has 1 aromatic rings. The summed E-state index contributed by atoms with van der Waals surface area (Å²) in [5, 5.41) is 6.70. The summed E-state index contributed by atoms with van der Waals surface area (Å²) < 4.78 is 0. The Morgan fingerprint density at radius 1 is 1.35 bits per heavy atom. The van der Waals surface area contributed by atoms with Crippen molar-refractivity contribution in [3.63, 3.8) is 0 Å². The van der Waals surface area contributed by atoms with Crippen molar-refractivity contribution in [3.8, 4) is 0 Å². The largest absolute Gasteiger partial charge is 0.353 e. The first kappa shape index (κ1) is 13.6. The van der Waals surface area contributed by atoms with E-state index in [4.69, 9.17) is 0 Å². The summed E-state index contributed by atoms with van der Waals surface area (Å²) >= 11 is 0. The van der Waals surface area contributed by atoms with Crippen LogP contribution in [0.5, 0.6) is 0 Å². The van der Waals surface area contributed by atoms with Crippen LogP contribution in [0.4, 0.5) is 0 Å². The standard InChI is InChI=1S/C17H24N2O/c1-13(14-6-5-11-18-12-14)19-16(20)17(9-10-17)15-7-3-2-4-8-15/h2-4,7-8,13-14,18H,5-6,9-12H2,1H3,(H,19,20). The minimum atomic E-state index is -0.238. The summed E-state index contributed by atoms with van der Waals surface area (Å²) in [4.78, 5) is 12.6. The van der Waals surface area contributed by atoms with Crippen molar-refractivity contribution in [2.45, 2.75) is 44.1 Å². The second-order valence-corrected chi connectivity index (χ2v) is 6.32.